The monoisotopic (exact) mass is 274 g/mol. The third kappa shape index (κ3) is 2.28. The van der Waals surface area contributed by atoms with Crippen LogP contribution in [0.5, 0.6) is 0 Å². The van der Waals surface area contributed by atoms with Gasteiger partial charge in [-0.2, -0.15) is 0 Å². The van der Waals surface area contributed by atoms with Crippen LogP contribution < -0.4 is 5.32 Å². The largest absolute Gasteiger partial charge is 0.313 e. The lowest BCUT2D eigenvalue weighted by Crippen LogP contribution is -2.31. The highest BCUT2D eigenvalue weighted by Gasteiger charge is 2.38. The van der Waals surface area contributed by atoms with Crippen LogP contribution in [0.3, 0.4) is 0 Å². The van der Waals surface area contributed by atoms with Crippen LogP contribution in [0.4, 0.5) is 0 Å². The number of hydrogen-bond donors (Lipinski definition) is 1. The standard InChI is InChI=1S/C16H26N4/c1-2-7-13(8-3-1)20-11-17-19-16(20)15-10-12-6-4-5-9-14(12)18-15/h11-15,18H,1-10H2. The second kappa shape index (κ2) is 5.47. The second-order valence-corrected chi connectivity index (χ2v) is 6.99. The molecule has 0 aromatic carbocycles. The van der Waals surface area contributed by atoms with Crippen LogP contribution in [0.15, 0.2) is 6.33 Å². The molecular formula is C16H26N4. The molecule has 3 atom stereocenters. The number of hydrogen-bond acceptors (Lipinski definition) is 3. The van der Waals surface area contributed by atoms with E-state index in [4.69, 9.17) is 0 Å². The summed E-state index contributed by atoms with van der Waals surface area (Å²) in [5.41, 5.74) is 0. The van der Waals surface area contributed by atoms with Gasteiger partial charge < -0.3 is 9.88 Å². The van der Waals surface area contributed by atoms with Gasteiger partial charge in [-0.1, -0.05) is 32.1 Å². The molecule has 4 nitrogen and oxygen atoms in total. The van der Waals surface area contributed by atoms with E-state index in [9.17, 15) is 0 Å². The van der Waals surface area contributed by atoms with Gasteiger partial charge in [0.1, 0.15) is 12.2 Å². The molecule has 2 heterocycles. The van der Waals surface area contributed by atoms with Crippen molar-refractivity contribution in [1.29, 1.82) is 0 Å². The molecule has 4 heteroatoms. The zero-order valence-corrected chi connectivity index (χ0v) is 12.3. The SMILES string of the molecule is c1nnc(C2CC3CCCCC3N2)n1C1CCCCC1. The van der Waals surface area contributed by atoms with Crippen LogP contribution in [-0.2, 0) is 0 Å². The van der Waals surface area contributed by atoms with Gasteiger partial charge in [-0.05, 0) is 38.0 Å². The second-order valence-electron chi connectivity index (χ2n) is 6.99. The van der Waals surface area contributed by atoms with E-state index in [-0.39, 0.29) is 0 Å². The van der Waals surface area contributed by atoms with Crippen molar-refractivity contribution in [2.75, 3.05) is 0 Å². The fraction of sp³-hybridized carbons (Fsp3) is 0.875. The molecule has 110 valence electrons. The summed E-state index contributed by atoms with van der Waals surface area (Å²) in [5.74, 6) is 2.09. The molecule has 0 bridgehead atoms. The summed E-state index contributed by atoms with van der Waals surface area (Å²) >= 11 is 0. The Balaban J connectivity index is 1.52. The predicted octanol–water partition coefficient (Wildman–Crippen LogP) is 3.38. The Morgan fingerprint density at radius 3 is 2.65 bits per heavy atom. The van der Waals surface area contributed by atoms with Crippen molar-refractivity contribution in [2.24, 2.45) is 5.92 Å². The Hall–Kier alpha value is -0.900. The molecule has 3 aliphatic rings. The molecule has 20 heavy (non-hydrogen) atoms. The van der Waals surface area contributed by atoms with E-state index < -0.39 is 0 Å². The molecule has 0 amide bonds. The Morgan fingerprint density at radius 2 is 1.80 bits per heavy atom. The van der Waals surface area contributed by atoms with Gasteiger partial charge >= 0.3 is 0 Å². The molecule has 1 aromatic heterocycles. The lowest BCUT2D eigenvalue weighted by molar-refractivity contribution is 0.325. The molecule has 1 N–H and O–H groups in total. The van der Waals surface area contributed by atoms with Gasteiger partial charge in [-0.25, -0.2) is 0 Å². The van der Waals surface area contributed by atoms with Gasteiger partial charge in [0.05, 0.1) is 6.04 Å². The minimum Gasteiger partial charge on any atom is -0.313 e. The molecule has 2 saturated carbocycles. The number of aromatic nitrogens is 3. The summed E-state index contributed by atoms with van der Waals surface area (Å²) < 4.78 is 2.40. The smallest absolute Gasteiger partial charge is 0.150 e. The van der Waals surface area contributed by atoms with Gasteiger partial charge in [-0.15, -0.1) is 10.2 Å². The molecule has 4 rings (SSSR count). The maximum Gasteiger partial charge on any atom is 0.150 e. The molecule has 3 fully saturated rings. The van der Waals surface area contributed by atoms with Crippen molar-refractivity contribution in [3.8, 4) is 0 Å². The van der Waals surface area contributed by atoms with Crippen LogP contribution >= 0.6 is 0 Å². The Morgan fingerprint density at radius 1 is 1.00 bits per heavy atom. The summed E-state index contributed by atoms with van der Waals surface area (Å²) in [6, 6.07) is 1.84. The van der Waals surface area contributed by atoms with Crippen LogP contribution in [0, 0.1) is 5.92 Å². The average Bonchev–Trinajstić information content (AvgIpc) is 3.14. The number of fused-ring (bicyclic) bond motifs is 1. The fourth-order valence-electron chi connectivity index (χ4n) is 4.66. The van der Waals surface area contributed by atoms with Crippen molar-refractivity contribution in [2.45, 2.75) is 82.3 Å². The zero-order chi connectivity index (χ0) is 13.4. The van der Waals surface area contributed by atoms with E-state index in [1.165, 1.54) is 70.0 Å². The molecule has 3 unspecified atom stereocenters. The van der Waals surface area contributed by atoms with E-state index in [2.05, 4.69) is 20.1 Å². The lowest BCUT2D eigenvalue weighted by Gasteiger charge is -2.25. The Kier molecular flexibility index (Phi) is 3.51. The molecule has 1 aliphatic heterocycles. The first kappa shape index (κ1) is 12.8. The lowest BCUT2D eigenvalue weighted by atomic mass is 9.85. The van der Waals surface area contributed by atoms with Crippen molar-refractivity contribution in [1.82, 2.24) is 20.1 Å². The predicted molar refractivity (Wildman–Crippen MR) is 78.4 cm³/mol. The summed E-state index contributed by atoms with van der Waals surface area (Å²) in [6.07, 6.45) is 15.6. The number of rotatable bonds is 2. The summed E-state index contributed by atoms with van der Waals surface area (Å²) in [6.45, 7) is 0. The number of nitrogens with one attached hydrogen (secondary N) is 1. The first-order valence-corrected chi connectivity index (χ1v) is 8.57. The van der Waals surface area contributed by atoms with Crippen molar-refractivity contribution < 1.29 is 0 Å². The van der Waals surface area contributed by atoms with E-state index in [1.54, 1.807) is 0 Å². The zero-order valence-electron chi connectivity index (χ0n) is 12.3. The fourth-order valence-corrected chi connectivity index (χ4v) is 4.66. The van der Waals surface area contributed by atoms with Crippen LogP contribution in [0.2, 0.25) is 0 Å². The van der Waals surface area contributed by atoms with Gasteiger partial charge in [0.25, 0.3) is 0 Å². The topological polar surface area (TPSA) is 42.7 Å². The van der Waals surface area contributed by atoms with Gasteiger partial charge in [0.15, 0.2) is 0 Å². The van der Waals surface area contributed by atoms with Crippen LogP contribution in [0.25, 0.3) is 0 Å². The normalized spacial score (nSPS) is 35.1. The third-order valence-electron chi connectivity index (χ3n) is 5.74. The van der Waals surface area contributed by atoms with Gasteiger partial charge in [0, 0.05) is 12.1 Å². The van der Waals surface area contributed by atoms with E-state index in [0.717, 1.165) is 12.0 Å². The highest BCUT2D eigenvalue weighted by Crippen LogP contribution is 2.39. The summed E-state index contributed by atoms with van der Waals surface area (Å²) in [4.78, 5) is 0. The van der Waals surface area contributed by atoms with Crippen LogP contribution in [-0.4, -0.2) is 20.8 Å². The molecule has 1 saturated heterocycles. The minimum absolute atomic E-state index is 0.451. The maximum absolute atomic E-state index is 4.48. The van der Waals surface area contributed by atoms with E-state index >= 15 is 0 Å². The quantitative estimate of drug-likeness (QED) is 0.899. The van der Waals surface area contributed by atoms with E-state index in [0.29, 0.717) is 12.1 Å². The first-order chi connectivity index (χ1) is 9.92. The van der Waals surface area contributed by atoms with Crippen molar-refractivity contribution >= 4 is 0 Å². The third-order valence-corrected chi connectivity index (χ3v) is 5.74. The molecule has 2 aliphatic carbocycles. The van der Waals surface area contributed by atoms with Crippen molar-refractivity contribution in [3.05, 3.63) is 12.2 Å². The van der Waals surface area contributed by atoms with Crippen LogP contribution in [0.1, 0.15) is 82.1 Å². The molecular weight excluding hydrogens is 248 g/mol. The minimum atomic E-state index is 0.451. The highest BCUT2D eigenvalue weighted by molar-refractivity contribution is 5.05. The van der Waals surface area contributed by atoms with Crippen molar-refractivity contribution in [3.63, 3.8) is 0 Å². The Labute approximate surface area is 121 Å². The summed E-state index contributed by atoms with van der Waals surface area (Å²) in [7, 11) is 0. The molecule has 0 spiro atoms. The Bertz CT molecular complexity index is 435. The molecule has 0 radical (unpaired) electrons. The average molecular weight is 274 g/mol. The number of nitrogens with zero attached hydrogens (tertiary/aromatic N) is 3. The summed E-state index contributed by atoms with van der Waals surface area (Å²) in [5, 5.41) is 12.6. The highest BCUT2D eigenvalue weighted by atomic mass is 15.3. The van der Waals surface area contributed by atoms with Gasteiger partial charge in [0.2, 0.25) is 0 Å². The maximum atomic E-state index is 4.48. The molecule has 1 aromatic rings. The van der Waals surface area contributed by atoms with E-state index in [1.807, 2.05) is 6.33 Å². The first-order valence-electron chi connectivity index (χ1n) is 8.57. The van der Waals surface area contributed by atoms with Gasteiger partial charge in [-0.3, -0.25) is 0 Å².